The zero-order chi connectivity index (χ0) is 20.5. The van der Waals surface area contributed by atoms with Crippen molar-refractivity contribution < 1.29 is 23.9 Å². The number of benzene rings is 2. The van der Waals surface area contributed by atoms with Crippen LogP contribution in [0.3, 0.4) is 0 Å². The van der Waals surface area contributed by atoms with Crippen molar-refractivity contribution in [3.8, 4) is 5.75 Å². The summed E-state index contributed by atoms with van der Waals surface area (Å²) < 4.78 is 9.96. The Morgan fingerprint density at radius 2 is 1.64 bits per heavy atom. The van der Waals surface area contributed by atoms with Gasteiger partial charge in [-0.1, -0.05) is 29.8 Å². The molecule has 0 heterocycles. The zero-order valence-electron chi connectivity index (χ0n) is 16.2. The van der Waals surface area contributed by atoms with Crippen LogP contribution in [0.25, 0.3) is 0 Å². The maximum atomic E-state index is 12.1. The molecule has 0 aliphatic rings. The summed E-state index contributed by atoms with van der Waals surface area (Å²) in [5.74, 6) is -0.791. The Balaban J connectivity index is 1.72. The molecule has 0 bridgehead atoms. The number of ether oxygens (including phenoxy) is 2. The van der Waals surface area contributed by atoms with Gasteiger partial charge in [0.05, 0.1) is 7.11 Å². The van der Waals surface area contributed by atoms with Gasteiger partial charge in [-0.15, -0.1) is 0 Å². The molecule has 1 N–H and O–H groups in total. The molecule has 0 saturated heterocycles. The second kappa shape index (κ2) is 10.1. The van der Waals surface area contributed by atoms with Gasteiger partial charge in [0.2, 0.25) is 0 Å². The van der Waals surface area contributed by atoms with Crippen molar-refractivity contribution in [1.29, 1.82) is 0 Å². The van der Waals surface area contributed by atoms with Crippen LogP contribution in [-0.2, 0) is 20.9 Å². The van der Waals surface area contributed by atoms with E-state index in [2.05, 4.69) is 5.32 Å². The number of nitrogens with zero attached hydrogens (tertiary/aromatic N) is 1. The van der Waals surface area contributed by atoms with Crippen LogP contribution >= 0.6 is 0 Å². The van der Waals surface area contributed by atoms with Gasteiger partial charge in [0.1, 0.15) is 12.3 Å². The zero-order valence-corrected chi connectivity index (χ0v) is 16.2. The molecule has 0 unspecified atom stereocenters. The number of amides is 2. The van der Waals surface area contributed by atoms with Crippen molar-refractivity contribution in [1.82, 2.24) is 10.2 Å². The summed E-state index contributed by atoms with van der Waals surface area (Å²) in [4.78, 5) is 37.3. The molecule has 0 spiro atoms. The highest BCUT2D eigenvalue weighted by atomic mass is 16.5. The van der Waals surface area contributed by atoms with Crippen molar-refractivity contribution in [2.24, 2.45) is 0 Å². The fourth-order valence-electron chi connectivity index (χ4n) is 2.36. The molecular formula is C21H24N2O5. The summed E-state index contributed by atoms with van der Waals surface area (Å²) >= 11 is 0. The first kappa shape index (κ1) is 21.0. The smallest absolute Gasteiger partial charge is 0.325 e. The molecule has 0 aromatic heterocycles. The molecular weight excluding hydrogens is 360 g/mol. The number of hydrogen-bond donors (Lipinski definition) is 1. The molecule has 0 radical (unpaired) electrons. The Bertz CT molecular complexity index is 816. The van der Waals surface area contributed by atoms with Gasteiger partial charge < -0.3 is 19.7 Å². The maximum Gasteiger partial charge on any atom is 0.325 e. The van der Waals surface area contributed by atoms with E-state index in [1.165, 1.54) is 12.0 Å². The first-order valence-corrected chi connectivity index (χ1v) is 8.76. The normalized spacial score (nSPS) is 10.1. The van der Waals surface area contributed by atoms with Gasteiger partial charge in [0, 0.05) is 19.2 Å². The predicted molar refractivity (Wildman–Crippen MR) is 104 cm³/mol. The van der Waals surface area contributed by atoms with Gasteiger partial charge in [-0.05, 0) is 36.8 Å². The van der Waals surface area contributed by atoms with Crippen LogP contribution in [0.4, 0.5) is 0 Å². The van der Waals surface area contributed by atoms with Crippen LogP contribution in [0, 0.1) is 6.92 Å². The lowest BCUT2D eigenvalue weighted by molar-refractivity contribution is -0.150. The predicted octanol–water partition coefficient (Wildman–Crippen LogP) is 1.94. The fourth-order valence-corrected chi connectivity index (χ4v) is 2.36. The highest BCUT2D eigenvalue weighted by molar-refractivity contribution is 5.96. The molecule has 148 valence electrons. The van der Waals surface area contributed by atoms with E-state index in [4.69, 9.17) is 9.47 Å². The van der Waals surface area contributed by atoms with Gasteiger partial charge in [-0.25, -0.2) is 0 Å². The maximum absolute atomic E-state index is 12.1. The monoisotopic (exact) mass is 384 g/mol. The second-order valence-electron chi connectivity index (χ2n) is 6.31. The van der Waals surface area contributed by atoms with Gasteiger partial charge >= 0.3 is 5.97 Å². The summed E-state index contributed by atoms with van der Waals surface area (Å²) in [5.41, 5.74) is 2.52. The summed E-state index contributed by atoms with van der Waals surface area (Å²) in [7, 11) is 3.17. The van der Waals surface area contributed by atoms with Gasteiger partial charge in [0.25, 0.3) is 11.8 Å². The van der Waals surface area contributed by atoms with Crippen molar-refractivity contribution in [3.63, 3.8) is 0 Å². The number of aryl methyl sites for hydroxylation is 1. The minimum absolute atomic E-state index is 0.320. The molecule has 2 aromatic carbocycles. The molecule has 2 amide bonds. The molecule has 0 atom stereocenters. The molecule has 2 rings (SSSR count). The number of rotatable bonds is 8. The summed E-state index contributed by atoms with van der Waals surface area (Å²) in [6, 6.07) is 14.3. The van der Waals surface area contributed by atoms with Crippen LogP contribution in [0.1, 0.15) is 21.5 Å². The number of carbonyl (C=O) groups is 3. The molecule has 0 saturated carbocycles. The Hall–Kier alpha value is -3.35. The summed E-state index contributed by atoms with van der Waals surface area (Å²) in [5, 5.41) is 2.46. The Morgan fingerprint density at radius 3 is 2.25 bits per heavy atom. The quantitative estimate of drug-likeness (QED) is 0.703. The van der Waals surface area contributed by atoms with E-state index in [0.29, 0.717) is 17.9 Å². The first-order valence-electron chi connectivity index (χ1n) is 8.76. The Labute approximate surface area is 164 Å². The third-order valence-corrected chi connectivity index (χ3v) is 4.07. The van der Waals surface area contributed by atoms with Crippen molar-refractivity contribution in [2.75, 3.05) is 27.3 Å². The lowest BCUT2D eigenvalue weighted by Crippen LogP contribution is -2.34. The molecule has 2 aromatic rings. The highest BCUT2D eigenvalue weighted by Crippen LogP contribution is 2.11. The van der Waals surface area contributed by atoms with Crippen molar-refractivity contribution in [2.45, 2.75) is 13.5 Å². The van der Waals surface area contributed by atoms with E-state index in [9.17, 15) is 14.4 Å². The van der Waals surface area contributed by atoms with Crippen LogP contribution in [-0.4, -0.2) is 50.0 Å². The fraction of sp³-hybridized carbons (Fsp3) is 0.286. The average molecular weight is 384 g/mol. The van der Waals surface area contributed by atoms with Crippen LogP contribution in [0.2, 0.25) is 0 Å². The number of carbonyl (C=O) groups excluding carboxylic acids is 3. The molecule has 7 heteroatoms. The average Bonchev–Trinajstić information content (AvgIpc) is 2.71. The largest absolute Gasteiger partial charge is 0.497 e. The van der Waals surface area contributed by atoms with Gasteiger partial charge in [-0.3, -0.25) is 14.4 Å². The number of likely N-dealkylation sites (N-methyl/N-ethyl adjacent to an activating group) is 1. The minimum atomic E-state index is -0.682. The molecule has 7 nitrogen and oxygen atoms in total. The van der Waals surface area contributed by atoms with E-state index in [1.807, 2.05) is 31.2 Å². The van der Waals surface area contributed by atoms with Gasteiger partial charge in [0.15, 0.2) is 6.61 Å². The van der Waals surface area contributed by atoms with E-state index in [0.717, 1.165) is 11.1 Å². The standard InChI is InChI=1S/C21H24N2O5/c1-15-4-6-16(7-5-15)13-23(2)19(24)14-28-20(25)12-22-21(26)17-8-10-18(27-3)11-9-17/h4-11H,12-14H2,1-3H3,(H,22,26). The third kappa shape index (κ3) is 6.42. The van der Waals surface area contributed by atoms with Crippen molar-refractivity contribution >= 4 is 17.8 Å². The van der Waals surface area contributed by atoms with E-state index < -0.39 is 11.9 Å². The molecule has 0 aliphatic carbocycles. The van der Waals surface area contributed by atoms with E-state index in [-0.39, 0.29) is 19.1 Å². The first-order chi connectivity index (χ1) is 13.4. The van der Waals surface area contributed by atoms with Crippen molar-refractivity contribution in [3.05, 3.63) is 65.2 Å². The minimum Gasteiger partial charge on any atom is -0.497 e. The number of hydrogen-bond acceptors (Lipinski definition) is 5. The van der Waals surface area contributed by atoms with Gasteiger partial charge in [-0.2, -0.15) is 0 Å². The third-order valence-electron chi connectivity index (χ3n) is 4.07. The van der Waals surface area contributed by atoms with Crippen LogP contribution in [0.5, 0.6) is 5.75 Å². The Morgan fingerprint density at radius 1 is 1.00 bits per heavy atom. The van der Waals surface area contributed by atoms with E-state index in [1.54, 1.807) is 31.3 Å². The lowest BCUT2D eigenvalue weighted by Gasteiger charge is -2.17. The number of methoxy groups -OCH3 is 1. The topological polar surface area (TPSA) is 84.9 Å². The Kier molecular flexibility index (Phi) is 7.56. The van der Waals surface area contributed by atoms with E-state index >= 15 is 0 Å². The molecule has 28 heavy (non-hydrogen) atoms. The molecule has 0 aliphatic heterocycles. The lowest BCUT2D eigenvalue weighted by atomic mass is 10.1. The number of esters is 1. The van der Waals surface area contributed by atoms with Crippen LogP contribution in [0.15, 0.2) is 48.5 Å². The number of nitrogens with one attached hydrogen (secondary N) is 1. The summed E-state index contributed by atoms with van der Waals surface area (Å²) in [6.45, 7) is 1.72. The van der Waals surface area contributed by atoms with Crippen LogP contribution < -0.4 is 10.1 Å². The highest BCUT2D eigenvalue weighted by Gasteiger charge is 2.14. The SMILES string of the molecule is COc1ccc(C(=O)NCC(=O)OCC(=O)N(C)Cc2ccc(C)cc2)cc1. The molecule has 0 fully saturated rings. The summed E-state index contributed by atoms with van der Waals surface area (Å²) in [6.07, 6.45) is 0. The second-order valence-corrected chi connectivity index (χ2v) is 6.31.